The number of aromatic nitrogens is 2. The molecule has 0 N–H and O–H groups in total. The van der Waals surface area contributed by atoms with Crippen LogP contribution in [0.1, 0.15) is 36.4 Å². The van der Waals surface area contributed by atoms with Gasteiger partial charge in [-0.05, 0) is 55.7 Å². The first-order valence-corrected chi connectivity index (χ1v) is 9.54. The van der Waals surface area contributed by atoms with E-state index in [-0.39, 0.29) is 23.1 Å². The summed E-state index contributed by atoms with van der Waals surface area (Å²) in [4.78, 5) is 29.4. The highest BCUT2D eigenvalue weighted by Crippen LogP contribution is 2.22. The molecule has 0 fully saturated rings. The summed E-state index contributed by atoms with van der Waals surface area (Å²) in [5.41, 5.74) is 2.71. The molecule has 29 heavy (non-hydrogen) atoms. The van der Waals surface area contributed by atoms with E-state index < -0.39 is 11.8 Å². The van der Waals surface area contributed by atoms with Crippen LogP contribution < -0.4 is 5.56 Å². The minimum Gasteiger partial charge on any atom is -0.463 e. The molecular formula is C23H23FN2O3. The lowest BCUT2D eigenvalue weighted by Crippen LogP contribution is -2.25. The second-order valence-electron chi connectivity index (χ2n) is 6.75. The summed E-state index contributed by atoms with van der Waals surface area (Å²) in [7, 11) is 0. The number of fused-ring (bicyclic) bond motifs is 1. The number of para-hydroxylation sites is 1. The van der Waals surface area contributed by atoms with E-state index in [1.54, 1.807) is 17.6 Å². The van der Waals surface area contributed by atoms with Crippen molar-refractivity contribution in [1.82, 2.24) is 9.55 Å². The second-order valence-corrected chi connectivity index (χ2v) is 6.75. The van der Waals surface area contributed by atoms with E-state index in [1.165, 1.54) is 18.2 Å². The van der Waals surface area contributed by atoms with Crippen LogP contribution in [0.15, 0.2) is 41.2 Å². The minimum atomic E-state index is -0.605. The molecule has 1 aromatic heterocycles. The van der Waals surface area contributed by atoms with Gasteiger partial charge >= 0.3 is 5.97 Å². The van der Waals surface area contributed by atoms with E-state index in [1.807, 2.05) is 39.0 Å². The summed E-state index contributed by atoms with van der Waals surface area (Å²) in [6.45, 7) is 7.69. The van der Waals surface area contributed by atoms with E-state index in [0.717, 1.165) is 16.8 Å². The molecule has 0 aliphatic heterocycles. The van der Waals surface area contributed by atoms with Crippen molar-refractivity contribution in [2.45, 2.75) is 34.1 Å². The van der Waals surface area contributed by atoms with E-state index in [0.29, 0.717) is 17.8 Å². The Labute approximate surface area is 168 Å². The predicted octanol–water partition coefficient (Wildman–Crippen LogP) is 4.28. The molecule has 0 saturated carbocycles. The quantitative estimate of drug-likeness (QED) is 0.479. The van der Waals surface area contributed by atoms with Gasteiger partial charge in [0.2, 0.25) is 0 Å². The number of aryl methyl sites for hydroxylation is 3. The molecule has 0 atom stereocenters. The number of rotatable bonds is 5. The van der Waals surface area contributed by atoms with Crippen LogP contribution in [0.25, 0.3) is 22.7 Å². The van der Waals surface area contributed by atoms with Gasteiger partial charge in [0.1, 0.15) is 17.2 Å². The Morgan fingerprint density at radius 1 is 1.21 bits per heavy atom. The lowest BCUT2D eigenvalue weighted by Gasteiger charge is -2.17. The number of hydrogen-bond acceptors (Lipinski definition) is 4. The van der Waals surface area contributed by atoms with Crippen LogP contribution in [0.2, 0.25) is 0 Å². The molecule has 0 unspecified atom stereocenters. The fraction of sp³-hybridized carbons (Fsp3) is 0.261. The average Bonchev–Trinajstić information content (AvgIpc) is 2.68. The zero-order chi connectivity index (χ0) is 21.1. The summed E-state index contributed by atoms with van der Waals surface area (Å²) in [5, 5.41) is 0.161. The standard InChI is InChI=1S/C23H23FN2O3/c1-5-19-25-21-17(12-16(13-18(21)24)10-11-20(27)29-6-2)23(28)26(19)22-14(3)8-7-9-15(22)4/h7-13H,5-6H2,1-4H3. The predicted molar refractivity (Wildman–Crippen MR) is 112 cm³/mol. The van der Waals surface area contributed by atoms with Crippen molar-refractivity contribution < 1.29 is 13.9 Å². The van der Waals surface area contributed by atoms with Crippen LogP contribution >= 0.6 is 0 Å². The maximum atomic E-state index is 14.7. The van der Waals surface area contributed by atoms with Crippen LogP contribution in [0.5, 0.6) is 0 Å². The molecule has 0 aliphatic carbocycles. The first-order valence-electron chi connectivity index (χ1n) is 9.54. The first-order chi connectivity index (χ1) is 13.9. The van der Waals surface area contributed by atoms with Gasteiger partial charge in [0.15, 0.2) is 0 Å². The third-order valence-corrected chi connectivity index (χ3v) is 4.70. The van der Waals surface area contributed by atoms with Gasteiger partial charge < -0.3 is 4.74 Å². The molecule has 0 bridgehead atoms. The molecule has 0 radical (unpaired) electrons. The Kier molecular flexibility index (Phi) is 5.92. The Morgan fingerprint density at radius 3 is 2.52 bits per heavy atom. The van der Waals surface area contributed by atoms with Gasteiger partial charge in [-0.3, -0.25) is 9.36 Å². The Bertz CT molecular complexity index is 1160. The first kappa shape index (κ1) is 20.5. The van der Waals surface area contributed by atoms with E-state index in [4.69, 9.17) is 4.74 Å². The van der Waals surface area contributed by atoms with Gasteiger partial charge in [0.05, 0.1) is 17.7 Å². The van der Waals surface area contributed by atoms with Crippen LogP contribution in [0.3, 0.4) is 0 Å². The van der Waals surface area contributed by atoms with Gasteiger partial charge in [-0.25, -0.2) is 14.2 Å². The molecule has 2 aromatic carbocycles. The van der Waals surface area contributed by atoms with E-state index in [9.17, 15) is 14.0 Å². The molecule has 1 heterocycles. The van der Waals surface area contributed by atoms with Crippen molar-refractivity contribution in [3.8, 4) is 5.69 Å². The number of halogens is 1. The molecule has 0 aliphatic rings. The SMILES string of the molecule is CCOC(=O)C=Cc1cc(F)c2nc(CC)n(-c3c(C)cccc3C)c(=O)c2c1. The van der Waals surface area contributed by atoms with Crippen LogP contribution in [-0.2, 0) is 16.0 Å². The maximum absolute atomic E-state index is 14.7. The number of ether oxygens (including phenoxy) is 1. The largest absolute Gasteiger partial charge is 0.463 e. The number of hydrogen-bond donors (Lipinski definition) is 0. The summed E-state index contributed by atoms with van der Waals surface area (Å²) < 4.78 is 21.1. The average molecular weight is 394 g/mol. The highest BCUT2D eigenvalue weighted by molar-refractivity contribution is 5.89. The van der Waals surface area contributed by atoms with Crippen molar-refractivity contribution in [3.63, 3.8) is 0 Å². The summed E-state index contributed by atoms with van der Waals surface area (Å²) in [5.74, 6) is -0.638. The summed E-state index contributed by atoms with van der Waals surface area (Å²) >= 11 is 0. The highest BCUT2D eigenvalue weighted by atomic mass is 19.1. The third-order valence-electron chi connectivity index (χ3n) is 4.70. The van der Waals surface area contributed by atoms with Crippen molar-refractivity contribution in [2.75, 3.05) is 6.61 Å². The fourth-order valence-corrected chi connectivity index (χ4v) is 3.39. The van der Waals surface area contributed by atoms with Crippen molar-refractivity contribution in [3.05, 3.63) is 75.1 Å². The van der Waals surface area contributed by atoms with Crippen molar-refractivity contribution >= 4 is 22.9 Å². The minimum absolute atomic E-state index is 0.0302. The second kappa shape index (κ2) is 8.39. The molecule has 0 amide bonds. The molecule has 0 saturated heterocycles. The Balaban J connectivity index is 2.28. The number of benzene rings is 2. The maximum Gasteiger partial charge on any atom is 0.330 e. The van der Waals surface area contributed by atoms with Crippen LogP contribution in [-0.4, -0.2) is 22.1 Å². The Morgan fingerprint density at radius 2 is 1.90 bits per heavy atom. The molecule has 5 nitrogen and oxygen atoms in total. The Hall–Kier alpha value is -3.28. The zero-order valence-electron chi connectivity index (χ0n) is 17.0. The third kappa shape index (κ3) is 3.97. The highest BCUT2D eigenvalue weighted by Gasteiger charge is 2.17. The van der Waals surface area contributed by atoms with Crippen LogP contribution in [0, 0.1) is 19.7 Å². The molecule has 6 heteroatoms. The summed E-state index contributed by atoms with van der Waals surface area (Å²) in [6.07, 6.45) is 3.11. The molecule has 0 spiro atoms. The fourth-order valence-electron chi connectivity index (χ4n) is 3.39. The number of nitrogens with zero attached hydrogens (tertiary/aromatic N) is 2. The number of carbonyl (C=O) groups excluding carboxylic acids is 1. The topological polar surface area (TPSA) is 61.2 Å². The summed E-state index contributed by atoms with van der Waals surface area (Å²) in [6, 6.07) is 8.59. The van der Waals surface area contributed by atoms with Crippen molar-refractivity contribution in [2.24, 2.45) is 0 Å². The van der Waals surface area contributed by atoms with E-state index in [2.05, 4.69) is 4.98 Å². The van der Waals surface area contributed by atoms with Gasteiger partial charge in [0, 0.05) is 12.5 Å². The van der Waals surface area contributed by atoms with Crippen molar-refractivity contribution in [1.29, 1.82) is 0 Å². The zero-order valence-corrected chi connectivity index (χ0v) is 17.0. The molecule has 3 aromatic rings. The smallest absolute Gasteiger partial charge is 0.330 e. The van der Waals surface area contributed by atoms with E-state index >= 15 is 0 Å². The lowest BCUT2D eigenvalue weighted by atomic mass is 10.1. The molecule has 3 rings (SSSR count). The normalized spacial score (nSPS) is 11.3. The monoisotopic (exact) mass is 394 g/mol. The van der Waals surface area contributed by atoms with Gasteiger partial charge in [0.25, 0.3) is 5.56 Å². The molecular weight excluding hydrogens is 371 g/mol. The number of esters is 1. The van der Waals surface area contributed by atoms with Gasteiger partial charge in [-0.15, -0.1) is 0 Å². The lowest BCUT2D eigenvalue weighted by molar-refractivity contribution is -0.137. The number of carbonyl (C=O) groups is 1. The van der Waals surface area contributed by atoms with Gasteiger partial charge in [-0.1, -0.05) is 25.1 Å². The molecule has 150 valence electrons. The van der Waals surface area contributed by atoms with Crippen LogP contribution in [0.4, 0.5) is 4.39 Å². The van der Waals surface area contributed by atoms with Gasteiger partial charge in [-0.2, -0.15) is 0 Å².